The first-order valence-corrected chi connectivity index (χ1v) is 11.5. The van der Waals surface area contributed by atoms with Crippen LogP contribution in [0, 0.1) is 0 Å². The lowest BCUT2D eigenvalue weighted by Gasteiger charge is -2.33. The van der Waals surface area contributed by atoms with Crippen molar-refractivity contribution in [2.24, 2.45) is 0 Å². The van der Waals surface area contributed by atoms with Gasteiger partial charge in [0.05, 0.1) is 19.6 Å². The Hall–Kier alpha value is -2.80. The van der Waals surface area contributed by atoms with Crippen LogP contribution in [-0.4, -0.2) is 118 Å². The van der Waals surface area contributed by atoms with E-state index in [2.05, 4.69) is 10.6 Å². The van der Waals surface area contributed by atoms with Gasteiger partial charge in [-0.25, -0.2) is 0 Å². The molecule has 0 bridgehead atoms. The maximum atomic E-state index is 11.6. The summed E-state index contributed by atoms with van der Waals surface area (Å²) in [6.45, 7) is 3.91. The zero-order valence-corrected chi connectivity index (χ0v) is 20.1. The summed E-state index contributed by atoms with van der Waals surface area (Å²) in [7, 11) is 0. The number of carboxylic acids is 3. The molecule has 1 aliphatic rings. The van der Waals surface area contributed by atoms with E-state index in [1.165, 1.54) is 0 Å². The van der Waals surface area contributed by atoms with Crippen molar-refractivity contribution in [2.45, 2.75) is 19.4 Å². The topological polar surface area (TPSA) is 146 Å². The van der Waals surface area contributed by atoms with Crippen LogP contribution in [0.15, 0.2) is 24.3 Å². The summed E-state index contributed by atoms with van der Waals surface area (Å²) >= 11 is 5.20. The summed E-state index contributed by atoms with van der Waals surface area (Å²) in [5.41, 5.74) is 1.79. The number of nitrogens with zero attached hydrogens (tertiary/aromatic N) is 3. The average molecular weight is 496 g/mol. The lowest BCUT2D eigenvalue weighted by atomic mass is 10.0. The van der Waals surface area contributed by atoms with E-state index in [1.807, 2.05) is 31.2 Å². The van der Waals surface area contributed by atoms with Crippen molar-refractivity contribution < 1.29 is 29.7 Å². The number of carboxylic acid groups (broad SMARTS) is 3. The van der Waals surface area contributed by atoms with Gasteiger partial charge in [0.25, 0.3) is 0 Å². The third-order valence-corrected chi connectivity index (χ3v) is 5.74. The SMILES string of the molecule is CCNC(=S)Nc1ccc(CC2CN(CC(=O)O)CCN(CC(=O)O)CCN2CC(=O)O)cc1. The van der Waals surface area contributed by atoms with Crippen molar-refractivity contribution in [3.05, 3.63) is 29.8 Å². The number of aliphatic carboxylic acids is 3. The van der Waals surface area contributed by atoms with Crippen LogP contribution in [0.2, 0.25) is 0 Å². The maximum absolute atomic E-state index is 11.6. The smallest absolute Gasteiger partial charge is 0.317 e. The molecule has 12 heteroatoms. The van der Waals surface area contributed by atoms with Crippen molar-refractivity contribution in [3.8, 4) is 0 Å². The molecule has 1 fully saturated rings. The third kappa shape index (κ3) is 10.00. The standard InChI is InChI=1S/C22H33N5O6S/c1-2-23-22(34)24-17-5-3-16(4-6-17)11-18-12-26(14-20(30)31)8-7-25(13-19(28)29)9-10-27(18)15-21(32)33/h3-6,18H,2,7-15H2,1H3,(H,28,29)(H,30,31)(H,32,33)(H2,23,24,34). The van der Waals surface area contributed by atoms with Gasteiger partial charge in [0.15, 0.2) is 5.11 Å². The molecule has 0 aliphatic carbocycles. The van der Waals surface area contributed by atoms with Gasteiger partial charge in [0.2, 0.25) is 0 Å². The summed E-state index contributed by atoms with van der Waals surface area (Å²) in [5.74, 6) is -2.96. The lowest BCUT2D eigenvalue weighted by Crippen LogP contribution is -2.49. The van der Waals surface area contributed by atoms with Crippen LogP contribution in [0.1, 0.15) is 12.5 Å². The monoisotopic (exact) mass is 495 g/mol. The number of anilines is 1. The highest BCUT2D eigenvalue weighted by atomic mass is 32.1. The van der Waals surface area contributed by atoms with Gasteiger partial charge >= 0.3 is 17.9 Å². The van der Waals surface area contributed by atoms with Crippen LogP contribution in [-0.2, 0) is 20.8 Å². The molecule has 1 saturated heterocycles. The van der Waals surface area contributed by atoms with E-state index in [0.29, 0.717) is 50.8 Å². The molecule has 1 atom stereocenters. The van der Waals surface area contributed by atoms with Gasteiger partial charge in [0.1, 0.15) is 0 Å². The van der Waals surface area contributed by atoms with Gasteiger partial charge in [-0.3, -0.25) is 29.1 Å². The van der Waals surface area contributed by atoms with Crippen molar-refractivity contribution in [2.75, 3.05) is 64.2 Å². The van der Waals surface area contributed by atoms with Crippen LogP contribution < -0.4 is 10.6 Å². The maximum Gasteiger partial charge on any atom is 0.317 e. The van der Waals surface area contributed by atoms with Crippen LogP contribution in [0.3, 0.4) is 0 Å². The molecule has 1 aromatic carbocycles. The van der Waals surface area contributed by atoms with Gasteiger partial charge in [0, 0.05) is 51.0 Å². The fraction of sp³-hybridized carbons (Fsp3) is 0.545. The highest BCUT2D eigenvalue weighted by Gasteiger charge is 2.27. The lowest BCUT2D eigenvalue weighted by molar-refractivity contribution is -0.140. The molecule has 1 unspecified atom stereocenters. The second-order valence-electron chi connectivity index (χ2n) is 8.20. The molecule has 11 nitrogen and oxygen atoms in total. The first kappa shape index (κ1) is 27.4. The van der Waals surface area contributed by atoms with Crippen molar-refractivity contribution >= 4 is 40.9 Å². The largest absolute Gasteiger partial charge is 0.480 e. The van der Waals surface area contributed by atoms with Gasteiger partial charge < -0.3 is 26.0 Å². The number of hydrogen-bond donors (Lipinski definition) is 5. The van der Waals surface area contributed by atoms with E-state index in [-0.39, 0.29) is 25.7 Å². The Morgan fingerprint density at radius 1 is 0.912 bits per heavy atom. The molecule has 2 rings (SSSR count). The zero-order chi connectivity index (χ0) is 25.1. The molecule has 0 aromatic heterocycles. The van der Waals surface area contributed by atoms with Crippen molar-refractivity contribution in [3.63, 3.8) is 0 Å². The summed E-state index contributed by atoms with van der Waals surface area (Å²) in [6, 6.07) is 7.38. The van der Waals surface area contributed by atoms with Gasteiger partial charge in [-0.15, -0.1) is 0 Å². The van der Waals surface area contributed by atoms with Crippen molar-refractivity contribution in [1.82, 2.24) is 20.0 Å². The predicted molar refractivity (Wildman–Crippen MR) is 131 cm³/mol. The number of benzene rings is 1. The minimum Gasteiger partial charge on any atom is -0.480 e. The Bertz CT molecular complexity index is 853. The predicted octanol–water partition coefficient (Wildman–Crippen LogP) is 0.0774. The molecular formula is C22H33N5O6S. The first-order valence-electron chi connectivity index (χ1n) is 11.1. The third-order valence-electron chi connectivity index (χ3n) is 5.50. The van der Waals surface area contributed by atoms with Gasteiger partial charge in [-0.05, 0) is 43.3 Å². The van der Waals surface area contributed by atoms with E-state index in [9.17, 15) is 29.7 Å². The Morgan fingerprint density at radius 3 is 2.06 bits per heavy atom. The number of thiocarbonyl (C=S) groups is 1. The highest BCUT2D eigenvalue weighted by molar-refractivity contribution is 7.80. The average Bonchev–Trinajstić information content (AvgIpc) is 2.80. The summed E-state index contributed by atoms with van der Waals surface area (Å²) in [6.07, 6.45) is 0.514. The molecule has 5 N–H and O–H groups in total. The molecular weight excluding hydrogens is 462 g/mol. The minimum absolute atomic E-state index is 0.185. The Labute approximate surface area is 204 Å². The van der Waals surface area contributed by atoms with Crippen LogP contribution in [0.4, 0.5) is 5.69 Å². The molecule has 1 aromatic rings. The number of carbonyl (C=O) groups is 3. The van der Waals surface area contributed by atoms with E-state index < -0.39 is 17.9 Å². The fourth-order valence-electron chi connectivity index (χ4n) is 3.94. The number of rotatable bonds is 10. The summed E-state index contributed by atoms with van der Waals surface area (Å²) < 4.78 is 0. The summed E-state index contributed by atoms with van der Waals surface area (Å²) in [5, 5.41) is 34.7. The summed E-state index contributed by atoms with van der Waals surface area (Å²) in [4.78, 5) is 39.5. The first-order chi connectivity index (χ1) is 16.2. The highest BCUT2D eigenvalue weighted by Crippen LogP contribution is 2.16. The second-order valence-corrected chi connectivity index (χ2v) is 8.61. The van der Waals surface area contributed by atoms with E-state index in [0.717, 1.165) is 11.3 Å². The van der Waals surface area contributed by atoms with Crippen LogP contribution >= 0.6 is 12.2 Å². The van der Waals surface area contributed by atoms with Crippen LogP contribution in [0.5, 0.6) is 0 Å². The number of nitrogens with one attached hydrogen (secondary N) is 2. The molecule has 1 aliphatic heterocycles. The molecule has 1 heterocycles. The number of hydrogen-bond acceptors (Lipinski definition) is 7. The minimum atomic E-state index is -0.990. The second kappa shape index (κ2) is 13.8. The van der Waals surface area contributed by atoms with E-state index in [1.54, 1.807) is 14.7 Å². The molecule has 0 amide bonds. The van der Waals surface area contributed by atoms with Gasteiger partial charge in [-0.1, -0.05) is 12.1 Å². The molecule has 0 saturated carbocycles. The van der Waals surface area contributed by atoms with E-state index >= 15 is 0 Å². The quantitative estimate of drug-likeness (QED) is 0.280. The molecule has 0 spiro atoms. The fourth-order valence-corrected chi connectivity index (χ4v) is 4.21. The molecule has 188 valence electrons. The Kier molecular flexibility index (Phi) is 11.1. The Balaban J connectivity index is 2.22. The van der Waals surface area contributed by atoms with Crippen molar-refractivity contribution in [1.29, 1.82) is 0 Å². The van der Waals surface area contributed by atoms with Crippen LogP contribution in [0.25, 0.3) is 0 Å². The zero-order valence-electron chi connectivity index (χ0n) is 19.3. The van der Waals surface area contributed by atoms with Gasteiger partial charge in [-0.2, -0.15) is 0 Å². The molecule has 34 heavy (non-hydrogen) atoms. The Morgan fingerprint density at radius 2 is 1.47 bits per heavy atom. The normalized spacial score (nSPS) is 18.3. The van der Waals surface area contributed by atoms with E-state index in [4.69, 9.17) is 12.2 Å². The molecule has 0 radical (unpaired) electrons.